The van der Waals surface area contributed by atoms with Gasteiger partial charge in [-0.2, -0.15) is 17.9 Å². The highest BCUT2D eigenvalue weighted by atomic mass is 32.2. The van der Waals surface area contributed by atoms with Crippen LogP contribution in [0.1, 0.15) is 11.3 Å². The van der Waals surface area contributed by atoms with Crippen LogP contribution in [0.5, 0.6) is 0 Å². The molecule has 3 rings (SSSR count). The van der Waals surface area contributed by atoms with E-state index in [0.29, 0.717) is 16.5 Å². The van der Waals surface area contributed by atoms with E-state index < -0.39 is 10.2 Å². The first kappa shape index (κ1) is 16.7. The van der Waals surface area contributed by atoms with Crippen molar-refractivity contribution >= 4 is 21.5 Å². The van der Waals surface area contributed by atoms with Gasteiger partial charge in [-0.1, -0.05) is 30.3 Å². The molecule has 0 aliphatic carbocycles. The van der Waals surface area contributed by atoms with Gasteiger partial charge in [0, 0.05) is 24.3 Å². The summed E-state index contributed by atoms with van der Waals surface area (Å²) in [6.07, 6.45) is 3.28. The molecule has 2 heterocycles. The average Bonchev–Trinajstić information content (AvgIpc) is 3.09. The number of thiazole rings is 1. The second kappa shape index (κ2) is 7.58. The predicted molar refractivity (Wildman–Crippen MR) is 92.2 cm³/mol. The smallest absolute Gasteiger partial charge is 0.236 e. The fourth-order valence-corrected chi connectivity index (χ4v) is 3.46. The molecular formula is C15H15N5O2S2. The zero-order valence-corrected chi connectivity index (χ0v) is 14.2. The van der Waals surface area contributed by atoms with Crippen molar-refractivity contribution in [3.05, 3.63) is 65.4 Å². The Bertz CT molecular complexity index is 882. The van der Waals surface area contributed by atoms with Crippen molar-refractivity contribution < 1.29 is 8.42 Å². The van der Waals surface area contributed by atoms with Gasteiger partial charge in [-0.3, -0.25) is 0 Å². The van der Waals surface area contributed by atoms with Crippen LogP contribution < -0.4 is 9.44 Å². The van der Waals surface area contributed by atoms with Crippen LogP contribution in [0.15, 0.2) is 54.2 Å². The number of nitrogens with one attached hydrogen (secondary N) is 2. The molecule has 0 saturated carbocycles. The first-order valence-electron chi connectivity index (χ1n) is 7.12. The Balaban J connectivity index is 1.56. The van der Waals surface area contributed by atoms with E-state index in [-0.39, 0.29) is 13.1 Å². The average molecular weight is 361 g/mol. The third kappa shape index (κ3) is 4.65. The lowest BCUT2D eigenvalue weighted by Gasteiger charge is -2.07. The minimum Gasteiger partial charge on any atom is -0.236 e. The summed E-state index contributed by atoms with van der Waals surface area (Å²) in [5.74, 6) is 0.527. The number of nitrogens with zero attached hydrogens (tertiary/aromatic N) is 3. The van der Waals surface area contributed by atoms with Gasteiger partial charge < -0.3 is 0 Å². The van der Waals surface area contributed by atoms with Crippen LogP contribution in [-0.4, -0.2) is 23.4 Å². The van der Waals surface area contributed by atoms with Crippen LogP contribution >= 0.6 is 11.3 Å². The van der Waals surface area contributed by atoms with Crippen molar-refractivity contribution in [3.63, 3.8) is 0 Å². The van der Waals surface area contributed by atoms with E-state index in [1.165, 1.54) is 11.3 Å². The van der Waals surface area contributed by atoms with Gasteiger partial charge in [-0.05, 0) is 11.6 Å². The molecule has 3 aromatic rings. The second-order valence-electron chi connectivity index (χ2n) is 4.85. The molecule has 0 spiro atoms. The molecule has 0 atom stereocenters. The fourth-order valence-electron chi connectivity index (χ4n) is 1.89. The fraction of sp³-hybridized carbons (Fsp3) is 0.133. The van der Waals surface area contributed by atoms with Crippen LogP contribution in [0, 0.1) is 0 Å². The van der Waals surface area contributed by atoms with Gasteiger partial charge in [0.1, 0.15) is 0 Å². The quantitative estimate of drug-likeness (QED) is 0.668. The summed E-state index contributed by atoms with van der Waals surface area (Å²) in [7, 11) is -3.60. The van der Waals surface area contributed by atoms with Crippen LogP contribution in [-0.2, 0) is 23.3 Å². The molecule has 7 nitrogen and oxygen atoms in total. The highest BCUT2D eigenvalue weighted by molar-refractivity contribution is 7.87. The Labute approximate surface area is 144 Å². The molecule has 0 fully saturated rings. The van der Waals surface area contributed by atoms with E-state index in [0.717, 1.165) is 5.56 Å². The maximum Gasteiger partial charge on any atom is 0.277 e. The highest BCUT2D eigenvalue weighted by Gasteiger charge is 2.12. The van der Waals surface area contributed by atoms with Gasteiger partial charge >= 0.3 is 0 Å². The predicted octanol–water partition coefficient (Wildman–Crippen LogP) is 1.72. The summed E-state index contributed by atoms with van der Waals surface area (Å²) < 4.78 is 28.9. The lowest BCUT2D eigenvalue weighted by Crippen LogP contribution is -2.35. The summed E-state index contributed by atoms with van der Waals surface area (Å²) >= 11 is 1.37. The second-order valence-corrected chi connectivity index (χ2v) is 7.29. The Kier molecular flexibility index (Phi) is 5.26. The Morgan fingerprint density at radius 2 is 1.67 bits per heavy atom. The lowest BCUT2D eigenvalue weighted by molar-refractivity contribution is 0.565. The monoisotopic (exact) mass is 361 g/mol. The van der Waals surface area contributed by atoms with E-state index in [1.54, 1.807) is 23.8 Å². The summed E-state index contributed by atoms with van der Waals surface area (Å²) in [6.45, 7) is 0.337. The number of hydrogen-bond donors (Lipinski definition) is 2. The molecule has 1 aromatic carbocycles. The van der Waals surface area contributed by atoms with Gasteiger partial charge in [0.15, 0.2) is 10.8 Å². The first-order valence-corrected chi connectivity index (χ1v) is 9.49. The van der Waals surface area contributed by atoms with Crippen LogP contribution in [0.4, 0.5) is 0 Å². The van der Waals surface area contributed by atoms with Crippen LogP contribution in [0.25, 0.3) is 10.8 Å². The maximum atomic E-state index is 12.0. The molecule has 0 radical (unpaired) electrons. The van der Waals surface area contributed by atoms with Gasteiger partial charge in [0.25, 0.3) is 10.2 Å². The van der Waals surface area contributed by atoms with E-state index in [4.69, 9.17) is 0 Å². The Hall–Kier alpha value is -2.20. The molecule has 9 heteroatoms. The zero-order valence-electron chi connectivity index (χ0n) is 12.6. The maximum absolute atomic E-state index is 12.0. The molecule has 0 aliphatic rings. The summed E-state index contributed by atoms with van der Waals surface area (Å²) in [6, 6.07) is 11.0. The molecule has 0 unspecified atom stereocenters. The normalized spacial score (nSPS) is 11.5. The molecule has 124 valence electrons. The van der Waals surface area contributed by atoms with Crippen molar-refractivity contribution in [2.75, 3.05) is 0 Å². The van der Waals surface area contributed by atoms with Gasteiger partial charge in [0.05, 0.1) is 12.2 Å². The summed E-state index contributed by atoms with van der Waals surface area (Å²) in [5.41, 5.74) is 1.51. The molecule has 0 amide bonds. The van der Waals surface area contributed by atoms with Gasteiger partial charge in [-0.15, -0.1) is 11.3 Å². The number of aromatic nitrogens is 3. The lowest BCUT2D eigenvalue weighted by atomic mass is 10.2. The number of rotatable bonds is 7. The van der Waals surface area contributed by atoms with E-state index in [9.17, 15) is 8.42 Å². The van der Waals surface area contributed by atoms with Crippen molar-refractivity contribution in [1.29, 1.82) is 0 Å². The molecule has 2 aromatic heterocycles. The SMILES string of the molecule is O=S(=O)(NCc1ccccc1)NCc1csc(-c2ncccn2)n1. The van der Waals surface area contributed by atoms with Crippen molar-refractivity contribution in [2.45, 2.75) is 13.1 Å². The summed E-state index contributed by atoms with van der Waals surface area (Å²) in [4.78, 5) is 12.6. The minimum absolute atomic E-state index is 0.105. The topological polar surface area (TPSA) is 96.9 Å². The van der Waals surface area contributed by atoms with Crippen molar-refractivity contribution in [1.82, 2.24) is 24.4 Å². The Morgan fingerprint density at radius 1 is 0.958 bits per heavy atom. The molecule has 2 N–H and O–H groups in total. The molecule has 0 aliphatic heterocycles. The Morgan fingerprint density at radius 3 is 2.42 bits per heavy atom. The van der Waals surface area contributed by atoms with E-state index >= 15 is 0 Å². The van der Waals surface area contributed by atoms with Gasteiger partial charge in [0.2, 0.25) is 0 Å². The van der Waals surface area contributed by atoms with E-state index in [1.807, 2.05) is 30.3 Å². The molecule has 0 bridgehead atoms. The summed E-state index contributed by atoms with van der Waals surface area (Å²) in [5, 5.41) is 2.44. The third-order valence-corrected chi connectivity index (χ3v) is 5.00. The van der Waals surface area contributed by atoms with Crippen molar-refractivity contribution in [3.8, 4) is 10.8 Å². The first-order chi connectivity index (χ1) is 11.6. The number of hydrogen-bond acceptors (Lipinski definition) is 6. The third-order valence-electron chi connectivity index (χ3n) is 3.06. The largest absolute Gasteiger partial charge is 0.277 e. The highest BCUT2D eigenvalue weighted by Crippen LogP contribution is 2.19. The zero-order chi connectivity index (χ0) is 16.8. The standard InChI is InChI=1S/C15H15N5O2S2/c21-24(22,18-9-12-5-2-1-3-6-12)19-10-13-11-23-15(20-13)14-16-7-4-8-17-14/h1-8,11,18-19H,9-10H2. The molecule has 0 saturated heterocycles. The minimum atomic E-state index is -3.60. The van der Waals surface area contributed by atoms with Crippen LogP contribution in [0.2, 0.25) is 0 Å². The molecular weight excluding hydrogens is 346 g/mol. The van der Waals surface area contributed by atoms with Crippen molar-refractivity contribution in [2.24, 2.45) is 0 Å². The van der Waals surface area contributed by atoms with Gasteiger partial charge in [-0.25, -0.2) is 15.0 Å². The van der Waals surface area contributed by atoms with Crippen LogP contribution in [0.3, 0.4) is 0 Å². The van der Waals surface area contributed by atoms with E-state index in [2.05, 4.69) is 24.4 Å². The number of benzene rings is 1. The molecule has 24 heavy (non-hydrogen) atoms.